The minimum Gasteiger partial charge on any atom is -0.493 e. The molecular formula is C27H29N3O5S2. The number of rotatable bonds is 7. The van der Waals surface area contributed by atoms with Crippen LogP contribution >= 0.6 is 11.8 Å². The molecule has 0 bridgehead atoms. The molecule has 0 radical (unpaired) electrons. The number of amides is 1. The molecule has 1 amide bonds. The molecule has 5 rings (SSSR count). The number of methoxy groups -OCH3 is 2. The first-order valence-electron chi connectivity index (χ1n) is 12.0. The summed E-state index contributed by atoms with van der Waals surface area (Å²) < 4.78 is 39.0. The van der Waals surface area contributed by atoms with Crippen molar-refractivity contribution in [1.29, 1.82) is 0 Å². The molecule has 0 N–H and O–H groups in total. The fourth-order valence-corrected chi connectivity index (χ4v) is 7.30. The lowest BCUT2D eigenvalue weighted by molar-refractivity contribution is -0.115. The minimum atomic E-state index is -3.64. The van der Waals surface area contributed by atoms with Crippen molar-refractivity contribution in [3.05, 3.63) is 78.4 Å². The molecule has 0 spiro atoms. The Labute approximate surface area is 221 Å². The molecular weight excluding hydrogens is 510 g/mol. The molecule has 0 aromatic heterocycles. The minimum absolute atomic E-state index is 0.0302. The fourth-order valence-electron chi connectivity index (χ4n) is 4.71. The second kappa shape index (κ2) is 10.6. The van der Waals surface area contributed by atoms with Crippen LogP contribution in [-0.2, 0) is 14.8 Å². The third-order valence-corrected chi connectivity index (χ3v) is 9.80. The Morgan fingerprint density at radius 2 is 1.49 bits per heavy atom. The van der Waals surface area contributed by atoms with E-state index in [1.807, 2.05) is 48.5 Å². The molecule has 2 aliphatic rings. The summed E-state index contributed by atoms with van der Waals surface area (Å²) in [5.74, 6) is 1.52. The maximum atomic E-state index is 13.3. The standard InChI is InChI=1S/C27H29N3O5S2/c1-34-24-13-8-20(18-25(24)35-2)27-30(26(31)19-36-27)22-9-11-23(12-10-22)37(32,33)29-16-14-28(15-17-29)21-6-4-3-5-7-21/h3-13,18,27H,14-17,19H2,1-2H3. The van der Waals surface area contributed by atoms with Gasteiger partial charge in [-0.1, -0.05) is 24.3 Å². The molecule has 37 heavy (non-hydrogen) atoms. The maximum Gasteiger partial charge on any atom is 0.243 e. The number of carbonyl (C=O) groups excluding carboxylic acids is 1. The van der Waals surface area contributed by atoms with Crippen LogP contribution < -0.4 is 19.3 Å². The van der Waals surface area contributed by atoms with Crippen molar-refractivity contribution < 1.29 is 22.7 Å². The van der Waals surface area contributed by atoms with Crippen molar-refractivity contribution in [3.63, 3.8) is 0 Å². The molecule has 8 nitrogen and oxygen atoms in total. The second-order valence-electron chi connectivity index (χ2n) is 8.76. The summed E-state index contributed by atoms with van der Waals surface area (Å²) in [5.41, 5.74) is 2.66. The van der Waals surface area contributed by atoms with E-state index < -0.39 is 10.0 Å². The van der Waals surface area contributed by atoms with Crippen molar-refractivity contribution in [1.82, 2.24) is 4.31 Å². The summed E-state index contributed by atoms with van der Waals surface area (Å²) in [6.07, 6.45) is 0. The average Bonchev–Trinajstić information content (AvgIpc) is 3.34. The highest BCUT2D eigenvalue weighted by molar-refractivity contribution is 8.00. The van der Waals surface area contributed by atoms with Crippen LogP contribution in [0.15, 0.2) is 77.7 Å². The van der Waals surface area contributed by atoms with Gasteiger partial charge in [-0.05, 0) is 54.1 Å². The van der Waals surface area contributed by atoms with E-state index in [1.165, 1.54) is 16.1 Å². The topological polar surface area (TPSA) is 79.4 Å². The Morgan fingerprint density at radius 3 is 2.14 bits per heavy atom. The molecule has 3 aromatic rings. The maximum absolute atomic E-state index is 13.3. The van der Waals surface area contributed by atoms with E-state index in [2.05, 4.69) is 4.90 Å². The summed E-state index contributed by atoms with van der Waals surface area (Å²) in [6, 6.07) is 22.2. The number of thioether (sulfide) groups is 1. The van der Waals surface area contributed by atoms with E-state index in [0.29, 0.717) is 49.1 Å². The summed E-state index contributed by atoms with van der Waals surface area (Å²) >= 11 is 1.52. The largest absolute Gasteiger partial charge is 0.493 e. The van der Waals surface area contributed by atoms with Gasteiger partial charge in [0.25, 0.3) is 0 Å². The molecule has 2 heterocycles. The number of carbonyl (C=O) groups is 1. The monoisotopic (exact) mass is 539 g/mol. The Balaban J connectivity index is 1.32. The highest BCUT2D eigenvalue weighted by Gasteiger charge is 2.35. The lowest BCUT2D eigenvalue weighted by atomic mass is 10.1. The highest BCUT2D eigenvalue weighted by atomic mass is 32.2. The first-order valence-corrected chi connectivity index (χ1v) is 14.5. The number of piperazine rings is 1. The second-order valence-corrected chi connectivity index (χ2v) is 11.8. The zero-order valence-electron chi connectivity index (χ0n) is 20.7. The lowest BCUT2D eigenvalue weighted by Gasteiger charge is -2.35. The summed E-state index contributed by atoms with van der Waals surface area (Å²) in [4.78, 5) is 17.0. The van der Waals surface area contributed by atoms with Gasteiger partial charge in [-0.25, -0.2) is 8.42 Å². The van der Waals surface area contributed by atoms with Gasteiger partial charge in [0.1, 0.15) is 5.37 Å². The van der Waals surface area contributed by atoms with E-state index in [0.717, 1.165) is 11.3 Å². The molecule has 2 fully saturated rings. The molecule has 2 aliphatic heterocycles. The van der Waals surface area contributed by atoms with Gasteiger partial charge in [0.05, 0.1) is 24.9 Å². The third kappa shape index (κ3) is 5.01. The van der Waals surface area contributed by atoms with E-state index in [9.17, 15) is 13.2 Å². The molecule has 1 unspecified atom stereocenters. The van der Waals surface area contributed by atoms with Crippen molar-refractivity contribution in [2.45, 2.75) is 10.3 Å². The number of ether oxygens (including phenoxy) is 2. The molecule has 3 aromatic carbocycles. The predicted molar refractivity (Wildman–Crippen MR) is 146 cm³/mol. The van der Waals surface area contributed by atoms with Crippen LogP contribution in [-0.4, -0.2) is 64.8 Å². The predicted octanol–water partition coefficient (Wildman–Crippen LogP) is 3.99. The van der Waals surface area contributed by atoms with Crippen LogP contribution in [0, 0.1) is 0 Å². The van der Waals surface area contributed by atoms with E-state index >= 15 is 0 Å². The number of anilines is 2. The van der Waals surface area contributed by atoms with E-state index in [-0.39, 0.29) is 16.2 Å². The van der Waals surface area contributed by atoms with Gasteiger partial charge in [0.2, 0.25) is 15.9 Å². The molecule has 0 saturated carbocycles. The smallest absolute Gasteiger partial charge is 0.243 e. The van der Waals surface area contributed by atoms with Crippen molar-refractivity contribution >= 4 is 39.1 Å². The number of sulfonamides is 1. The highest BCUT2D eigenvalue weighted by Crippen LogP contribution is 2.44. The summed E-state index contributed by atoms with van der Waals surface area (Å²) in [6.45, 7) is 2.10. The normalized spacial score (nSPS) is 18.8. The van der Waals surface area contributed by atoms with Crippen molar-refractivity contribution in [2.24, 2.45) is 0 Å². The molecule has 0 aliphatic carbocycles. The number of hydrogen-bond acceptors (Lipinski definition) is 7. The van der Waals surface area contributed by atoms with Crippen molar-refractivity contribution in [2.75, 3.05) is 56.0 Å². The lowest BCUT2D eigenvalue weighted by Crippen LogP contribution is -2.48. The third-order valence-electron chi connectivity index (χ3n) is 6.67. The van der Waals surface area contributed by atoms with Crippen LogP contribution in [0.1, 0.15) is 10.9 Å². The zero-order valence-corrected chi connectivity index (χ0v) is 22.4. The van der Waals surface area contributed by atoms with Gasteiger partial charge in [0, 0.05) is 37.6 Å². The number of nitrogens with zero attached hydrogens (tertiary/aromatic N) is 3. The first-order chi connectivity index (χ1) is 17.9. The quantitative estimate of drug-likeness (QED) is 0.449. The first kappa shape index (κ1) is 25.4. The SMILES string of the molecule is COc1ccc(C2SCC(=O)N2c2ccc(S(=O)(=O)N3CCN(c4ccccc4)CC3)cc2)cc1OC. The van der Waals surface area contributed by atoms with Crippen LogP contribution in [0.4, 0.5) is 11.4 Å². The Morgan fingerprint density at radius 1 is 0.811 bits per heavy atom. The average molecular weight is 540 g/mol. The molecule has 194 valence electrons. The Kier molecular flexibility index (Phi) is 7.32. The van der Waals surface area contributed by atoms with E-state index in [4.69, 9.17) is 9.47 Å². The van der Waals surface area contributed by atoms with Gasteiger partial charge in [-0.3, -0.25) is 9.69 Å². The number of hydrogen-bond donors (Lipinski definition) is 0. The van der Waals surface area contributed by atoms with Gasteiger partial charge >= 0.3 is 0 Å². The molecule has 1 atom stereocenters. The van der Waals surface area contributed by atoms with Crippen LogP contribution in [0.2, 0.25) is 0 Å². The Bertz CT molecular complexity index is 1360. The van der Waals surface area contributed by atoms with Gasteiger partial charge < -0.3 is 14.4 Å². The van der Waals surface area contributed by atoms with Crippen LogP contribution in [0.5, 0.6) is 11.5 Å². The fraction of sp³-hybridized carbons (Fsp3) is 0.296. The van der Waals surface area contributed by atoms with Crippen LogP contribution in [0.25, 0.3) is 0 Å². The molecule has 10 heteroatoms. The number of benzene rings is 3. The summed E-state index contributed by atoms with van der Waals surface area (Å²) in [7, 11) is -0.480. The van der Waals surface area contributed by atoms with E-state index in [1.54, 1.807) is 43.4 Å². The molecule has 2 saturated heterocycles. The summed E-state index contributed by atoms with van der Waals surface area (Å²) in [5, 5.41) is -0.249. The van der Waals surface area contributed by atoms with Crippen molar-refractivity contribution in [3.8, 4) is 11.5 Å². The van der Waals surface area contributed by atoms with Gasteiger partial charge in [-0.2, -0.15) is 4.31 Å². The zero-order chi connectivity index (χ0) is 26.0. The van der Waals surface area contributed by atoms with Gasteiger partial charge in [-0.15, -0.1) is 11.8 Å². The van der Waals surface area contributed by atoms with Gasteiger partial charge in [0.15, 0.2) is 11.5 Å². The van der Waals surface area contributed by atoms with Crippen LogP contribution in [0.3, 0.4) is 0 Å². The Hall–Kier alpha value is -3.21. The number of para-hydroxylation sites is 1.